The van der Waals surface area contributed by atoms with E-state index in [2.05, 4.69) is 15.2 Å². The Morgan fingerprint density at radius 3 is 2.63 bits per heavy atom. The van der Waals surface area contributed by atoms with Gasteiger partial charge >= 0.3 is 0 Å². The van der Waals surface area contributed by atoms with E-state index in [4.69, 9.17) is 5.73 Å². The van der Waals surface area contributed by atoms with Gasteiger partial charge in [0, 0.05) is 29.7 Å². The van der Waals surface area contributed by atoms with Gasteiger partial charge in [0.1, 0.15) is 5.69 Å². The third-order valence-electron chi connectivity index (χ3n) is 2.92. The van der Waals surface area contributed by atoms with E-state index in [1.807, 2.05) is 12.1 Å². The number of benzene rings is 1. The Kier molecular flexibility index (Phi) is 2.72. The van der Waals surface area contributed by atoms with E-state index in [9.17, 15) is 4.39 Å². The molecule has 3 aromatic rings. The van der Waals surface area contributed by atoms with Gasteiger partial charge in [-0.1, -0.05) is 6.07 Å². The summed E-state index contributed by atoms with van der Waals surface area (Å²) >= 11 is 0. The molecular weight excluding hydrogens is 243 g/mol. The average Bonchev–Trinajstić information content (AvgIpc) is 2.92. The molecule has 3 N–H and O–H groups in total. The molecule has 0 aliphatic carbocycles. The first kappa shape index (κ1) is 11.4. The molecule has 0 radical (unpaired) electrons. The van der Waals surface area contributed by atoms with E-state index in [1.165, 1.54) is 6.07 Å². The second-order valence-electron chi connectivity index (χ2n) is 4.09. The van der Waals surface area contributed by atoms with Crippen molar-refractivity contribution >= 4 is 5.69 Å². The van der Waals surface area contributed by atoms with Gasteiger partial charge in [0.25, 0.3) is 0 Å². The minimum absolute atomic E-state index is 0.112. The van der Waals surface area contributed by atoms with Crippen LogP contribution in [0.4, 0.5) is 10.1 Å². The van der Waals surface area contributed by atoms with Crippen LogP contribution in [0.15, 0.2) is 48.9 Å². The zero-order valence-corrected chi connectivity index (χ0v) is 9.97. The molecule has 0 saturated heterocycles. The number of H-pyrrole nitrogens is 1. The Bertz CT molecular complexity index is 706. The van der Waals surface area contributed by atoms with Crippen LogP contribution in [-0.2, 0) is 0 Å². The molecule has 94 valence electrons. The van der Waals surface area contributed by atoms with E-state index in [-0.39, 0.29) is 5.69 Å². The van der Waals surface area contributed by atoms with Crippen molar-refractivity contribution in [1.29, 1.82) is 0 Å². The number of halogens is 1. The summed E-state index contributed by atoms with van der Waals surface area (Å²) in [6.07, 6.45) is 5.09. The number of pyridine rings is 1. The smallest absolute Gasteiger partial charge is 0.155 e. The van der Waals surface area contributed by atoms with Crippen molar-refractivity contribution in [2.75, 3.05) is 5.73 Å². The van der Waals surface area contributed by atoms with Gasteiger partial charge in [0.15, 0.2) is 5.82 Å². The maximum atomic E-state index is 14.1. The molecule has 2 aromatic heterocycles. The van der Waals surface area contributed by atoms with Crippen molar-refractivity contribution in [3.05, 3.63) is 54.7 Å². The molecule has 0 spiro atoms. The number of anilines is 1. The van der Waals surface area contributed by atoms with Crippen molar-refractivity contribution in [3.63, 3.8) is 0 Å². The van der Waals surface area contributed by atoms with Gasteiger partial charge in [-0.25, -0.2) is 4.39 Å². The summed E-state index contributed by atoms with van der Waals surface area (Å²) in [5, 5.41) is 6.89. The second-order valence-corrected chi connectivity index (χ2v) is 4.09. The minimum atomic E-state index is -0.454. The molecule has 0 unspecified atom stereocenters. The predicted octanol–water partition coefficient (Wildman–Crippen LogP) is 2.86. The topological polar surface area (TPSA) is 67.6 Å². The number of hydrogen-bond acceptors (Lipinski definition) is 3. The second kappa shape index (κ2) is 4.53. The Balaban J connectivity index is 2.18. The number of aromatic nitrogens is 3. The van der Waals surface area contributed by atoms with Crippen molar-refractivity contribution in [3.8, 4) is 22.4 Å². The lowest BCUT2D eigenvalue weighted by molar-refractivity contribution is 0.635. The van der Waals surface area contributed by atoms with Crippen LogP contribution < -0.4 is 5.73 Å². The Labute approximate surface area is 109 Å². The molecule has 19 heavy (non-hydrogen) atoms. The van der Waals surface area contributed by atoms with Crippen LogP contribution in [-0.4, -0.2) is 15.2 Å². The number of hydrogen-bond donors (Lipinski definition) is 2. The van der Waals surface area contributed by atoms with Crippen LogP contribution >= 0.6 is 0 Å². The summed E-state index contributed by atoms with van der Waals surface area (Å²) in [6.45, 7) is 0. The standard InChI is InChI=1S/C14H11FN4/c15-13-10(2-1-3-12(13)16)14-11(8-18-19-14)9-4-6-17-7-5-9/h1-8H,16H2,(H,18,19). The van der Waals surface area contributed by atoms with Crippen LogP contribution in [0, 0.1) is 5.82 Å². The molecule has 0 saturated carbocycles. The highest BCUT2D eigenvalue weighted by molar-refractivity contribution is 5.81. The zero-order chi connectivity index (χ0) is 13.2. The molecular formula is C14H11FN4. The van der Waals surface area contributed by atoms with Gasteiger partial charge in [-0.05, 0) is 29.8 Å². The number of aromatic amines is 1. The summed E-state index contributed by atoms with van der Waals surface area (Å²) in [6, 6.07) is 8.58. The normalized spacial score (nSPS) is 10.6. The summed E-state index contributed by atoms with van der Waals surface area (Å²) in [4.78, 5) is 3.96. The molecule has 1 aromatic carbocycles. The highest BCUT2D eigenvalue weighted by Gasteiger charge is 2.15. The monoisotopic (exact) mass is 254 g/mol. The van der Waals surface area contributed by atoms with E-state index < -0.39 is 5.82 Å². The van der Waals surface area contributed by atoms with E-state index in [1.54, 1.807) is 30.7 Å². The molecule has 4 nitrogen and oxygen atoms in total. The van der Waals surface area contributed by atoms with Crippen molar-refractivity contribution in [1.82, 2.24) is 15.2 Å². The molecule has 0 aliphatic heterocycles. The lowest BCUT2D eigenvalue weighted by Crippen LogP contribution is -1.94. The van der Waals surface area contributed by atoms with Gasteiger partial charge in [-0.2, -0.15) is 5.10 Å². The maximum absolute atomic E-state index is 14.1. The Morgan fingerprint density at radius 1 is 1.05 bits per heavy atom. The van der Waals surface area contributed by atoms with Crippen LogP contribution in [0.5, 0.6) is 0 Å². The molecule has 0 aliphatic rings. The van der Waals surface area contributed by atoms with Crippen molar-refractivity contribution in [2.45, 2.75) is 0 Å². The summed E-state index contributed by atoms with van der Waals surface area (Å²) in [5.74, 6) is -0.454. The first-order valence-corrected chi connectivity index (χ1v) is 5.76. The van der Waals surface area contributed by atoms with Crippen molar-refractivity contribution < 1.29 is 4.39 Å². The third-order valence-corrected chi connectivity index (χ3v) is 2.92. The average molecular weight is 254 g/mol. The third kappa shape index (κ3) is 1.95. The van der Waals surface area contributed by atoms with Crippen LogP contribution in [0.2, 0.25) is 0 Å². The lowest BCUT2D eigenvalue weighted by atomic mass is 10.0. The van der Waals surface area contributed by atoms with E-state index in [0.29, 0.717) is 11.3 Å². The highest BCUT2D eigenvalue weighted by atomic mass is 19.1. The fourth-order valence-corrected chi connectivity index (χ4v) is 1.98. The lowest BCUT2D eigenvalue weighted by Gasteiger charge is -2.05. The summed E-state index contributed by atoms with van der Waals surface area (Å²) < 4.78 is 14.1. The minimum Gasteiger partial charge on any atom is -0.396 e. The zero-order valence-electron chi connectivity index (χ0n) is 9.97. The molecule has 0 bridgehead atoms. The van der Waals surface area contributed by atoms with Gasteiger partial charge < -0.3 is 5.73 Å². The SMILES string of the molecule is Nc1cccc(-c2n[nH]cc2-c2ccncc2)c1F. The number of nitrogens with one attached hydrogen (secondary N) is 1. The van der Waals surface area contributed by atoms with Crippen LogP contribution in [0.25, 0.3) is 22.4 Å². The fraction of sp³-hybridized carbons (Fsp3) is 0. The predicted molar refractivity (Wildman–Crippen MR) is 71.6 cm³/mol. The number of rotatable bonds is 2. The van der Waals surface area contributed by atoms with Gasteiger partial charge in [0.2, 0.25) is 0 Å². The van der Waals surface area contributed by atoms with Crippen molar-refractivity contribution in [2.24, 2.45) is 0 Å². The number of nitrogen functional groups attached to an aromatic ring is 1. The quantitative estimate of drug-likeness (QED) is 0.691. The molecule has 0 fully saturated rings. The largest absolute Gasteiger partial charge is 0.396 e. The first-order valence-electron chi connectivity index (χ1n) is 5.76. The van der Waals surface area contributed by atoms with Crippen LogP contribution in [0.3, 0.4) is 0 Å². The fourth-order valence-electron chi connectivity index (χ4n) is 1.98. The van der Waals surface area contributed by atoms with Crippen LogP contribution in [0.1, 0.15) is 0 Å². The molecule has 5 heteroatoms. The number of nitrogens with zero attached hydrogens (tertiary/aromatic N) is 2. The summed E-state index contributed by atoms with van der Waals surface area (Å²) in [5.41, 5.74) is 8.35. The summed E-state index contributed by atoms with van der Waals surface area (Å²) in [7, 11) is 0. The highest BCUT2D eigenvalue weighted by Crippen LogP contribution is 2.32. The Hall–Kier alpha value is -2.69. The number of nitrogens with two attached hydrogens (primary N) is 1. The molecule has 0 atom stereocenters. The van der Waals surface area contributed by atoms with E-state index >= 15 is 0 Å². The molecule has 3 rings (SSSR count). The van der Waals surface area contributed by atoms with E-state index in [0.717, 1.165) is 11.1 Å². The molecule has 0 amide bonds. The van der Waals surface area contributed by atoms with Gasteiger partial charge in [0.05, 0.1) is 5.69 Å². The Morgan fingerprint density at radius 2 is 1.84 bits per heavy atom. The van der Waals surface area contributed by atoms with Gasteiger partial charge in [-0.15, -0.1) is 0 Å². The molecule has 2 heterocycles. The maximum Gasteiger partial charge on any atom is 0.155 e. The van der Waals surface area contributed by atoms with Gasteiger partial charge in [-0.3, -0.25) is 10.1 Å². The first-order chi connectivity index (χ1) is 9.27.